The molecule has 2 fully saturated rings. The molecule has 240 valence electrons. The molecule has 0 radical (unpaired) electrons. The monoisotopic (exact) mass is 796 g/mol. The number of para-hydroxylation sites is 3. The summed E-state index contributed by atoms with van der Waals surface area (Å²) in [6, 6.07) is 39.0. The van der Waals surface area contributed by atoms with Crippen LogP contribution in [0.4, 0.5) is 17.1 Å². The fraction of sp³-hybridized carbons (Fsp3) is 0.268. The maximum atomic E-state index is 6.51. The number of benzene rings is 4. The topological polar surface area (TPSA) is 33.5 Å². The number of aromatic nitrogens is 2. The minimum Gasteiger partial charge on any atom is -0.509 e. The van der Waals surface area contributed by atoms with Crippen LogP contribution in [0.2, 0.25) is 0 Å². The van der Waals surface area contributed by atoms with E-state index in [0.29, 0.717) is 11.5 Å². The van der Waals surface area contributed by atoms with Crippen LogP contribution in [0.25, 0.3) is 27.6 Å². The predicted molar refractivity (Wildman–Crippen MR) is 186 cm³/mol. The summed E-state index contributed by atoms with van der Waals surface area (Å²) in [5.74, 6) is 3.06. The Morgan fingerprint density at radius 1 is 0.830 bits per heavy atom. The molecular formula is C41H37N4OPt-3. The van der Waals surface area contributed by atoms with Crippen LogP contribution in [-0.2, 0) is 26.5 Å². The van der Waals surface area contributed by atoms with Crippen LogP contribution in [0.1, 0.15) is 58.4 Å². The van der Waals surface area contributed by atoms with E-state index in [1.165, 1.54) is 54.4 Å². The molecule has 9 rings (SSSR count). The van der Waals surface area contributed by atoms with Gasteiger partial charge in [-0.3, -0.25) is 0 Å². The zero-order chi connectivity index (χ0) is 31.0. The van der Waals surface area contributed by atoms with Gasteiger partial charge in [0.2, 0.25) is 0 Å². The van der Waals surface area contributed by atoms with Gasteiger partial charge in [-0.25, -0.2) is 4.98 Å². The first-order valence-corrected chi connectivity index (χ1v) is 16.5. The minimum atomic E-state index is 0. The van der Waals surface area contributed by atoms with E-state index in [4.69, 9.17) is 9.72 Å². The number of ether oxygens (including phenoxy) is 1. The molecule has 4 aromatic carbocycles. The molecule has 6 heteroatoms. The van der Waals surface area contributed by atoms with Crippen molar-refractivity contribution in [3.63, 3.8) is 0 Å². The van der Waals surface area contributed by atoms with Crippen LogP contribution in [0, 0.1) is 24.7 Å². The van der Waals surface area contributed by atoms with Gasteiger partial charge in [0.25, 0.3) is 0 Å². The van der Waals surface area contributed by atoms with Crippen molar-refractivity contribution in [3.05, 3.63) is 122 Å². The van der Waals surface area contributed by atoms with Gasteiger partial charge in [-0.05, 0) is 84.7 Å². The summed E-state index contributed by atoms with van der Waals surface area (Å²) in [4.78, 5) is 9.66. The Kier molecular flexibility index (Phi) is 7.26. The Bertz CT molecular complexity index is 2120. The summed E-state index contributed by atoms with van der Waals surface area (Å²) in [5.41, 5.74) is 6.99. The molecule has 0 atom stereocenters. The third-order valence-electron chi connectivity index (χ3n) is 10.5. The Balaban J connectivity index is 0.00000324. The van der Waals surface area contributed by atoms with Crippen molar-refractivity contribution in [1.29, 1.82) is 0 Å². The van der Waals surface area contributed by atoms with Crippen molar-refractivity contribution in [2.45, 2.75) is 63.8 Å². The molecule has 5 nitrogen and oxygen atoms in total. The van der Waals surface area contributed by atoms with E-state index in [0.717, 1.165) is 33.8 Å². The molecule has 6 aromatic rings. The number of nitrogens with zero attached hydrogens (tertiary/aromatic N) is 4. The van der Waals surface area contributed by atoms with Crippen molar-refractivity contribution in [2.75, 3.05) is 9.80 Å². The first kappa shape index (κ1) is 30.3. The molecule has 47 heavy (non-hydrogen) atoms. The van der Waals surface area contributed by atoms with Gasteiger partial charge in [0, 0.05) is 61.2 Å². The summed E-state index contributed by atoms with van der Waals surface area (Å²) in [6.45, 7) is 9.00. The number of rotatable bonds is 5. The SMILES string of the molecule is CC(C)(C)c1ccnc(-n2c3[c-]c(Oc4[c-]c(N5[CH-]N(C67CCC(CC6)C7)c6ccccc65)ccc4)ccc3c3ccccc32)c1.[Pt]. The maximum Gasteiger partial charge on any atom is 0.135 e. The van der Waals surface area contributed by atoms with Crippen LogP contribution in [-0.4, -0.2) is 15.1 Å². The van der Waals surface area contributed by atoms with E-state index in [9.17, 15) is 0 Å². The van der Waals surface area contributed by atoms with Crippen LogP contribution in [0.15, 0.2) is 97.2 Å². The second-order valence-corrected chi connectivity index (χ2v) is 14.3. The van der Waals surface area contributed by atoms with Gasteiger partial charge in [-0.2, -0.15) is 18.8 Å². The van der Waals surface area contributed by atoms with E-state index >= 15 is 0 Å². The van der Waals surface area contributed by atoms with Gasteiger partial charge in [0.1, 0.15) is 5.82 Å². The first-order chi connectivity index (χ1) is 22.4. The van der Waals surface area contributed by atoms with E-state index in [1.54, 1.807) is 0 Å². The van der Waals surface area contributed by atoms with E-state index < -0.39 is 0 Å². The second kappa shape index (κ2) is 11.3. The van der Waals surface area contributed by atoms with Crippen LogP contribution in [0.5, 0.6) is 11.5 Å². The summed E-state index contributed by atoms with van der Waals surface area (Å²) >= 11 is 0. The number of hydrogen-bond donors (Lipinski definition) is 0. The maximum absolute atomic E-state index is 6.51. The largest absolute Gasteiger partial charge is 0.509 e. The number of pyridine rings is 1. The summed E-state index contributed by atoms with van der Waals surface area (Å²) in [6.07, 6.45) is 8.44. The van der Waals surface area contributed by atoms with Crippen LogP contribution >= 0.6 is 0 Å². The number of fused-ring (bicyclic) bond motifs is 6. The second-order valence-electron chi connectivity index (χ2n) is 14.3. The van der Waals surface area contributed by atoms with E-state index in [2.05, 4.69) is 133 Å². The van der Waals surface area contributed by atoms with Crippen LogP contribution in [0.3, 0.4) is 0 Å². The summed E-state index contributed by atoms with van der Waals surface area (Å²) < 4.78 is 8.72. The molecule has 3 aliphatic rings. The van der Waals surface area contributed by atoms with E-state index in [-0.39, 0.29) is 32.0 Å². The number of anilines is 3. The fourth-order valence-electron chi connectivity index (χ4n) is 8.11. The molecule has 0 N–H and O–H groups in total. The number of hydrogen-bond acceptors (Lipinski definition) is 4. The third-order valence-corrected chi connectivity index (χ3v) is 10.5. The van der Waals surface area contributed by atoms with Crippen molar-refractivity contribution < 1.29 is 25.8 Å². The van der Waals surface area contributed by atoms with Gasteiger partial charge in [-0.1, -0.05) is 56.6 Å². The van der Waals surface area contributed by atoms with Crippen molar-refractivity contribution in [1.82, 2.24) is 9.55 Å². The van der Waals surface area contributed by atoms with E-state index in [1.807, 2.05) is 18.3 Å². The molecule has 3 heterocycles. The van der Waals surface area contributed by atoms with Gasteiger partial charge in [0.05, 0.1) is 0 Å². The van der Waals surface area contributed by atoms with Gasteiger partial charge in [-0.15, -0.1) is 41.4 Å². The van der Waals surface area contributed by atoms with Crippen molar-refractivity contribution >= 4 is 38.9 Å². The molecular weight excluding hydrogens is 760 g/mol. The third kappa shape index (κ3) is 4.97. The molecule has 0 saturated heterocycles. The first-order valence-electron chi connectivity index (χ1n) is 16.5. The zero-order valence-corrected chi connectivity index (χ0v) is 29.2. The molecule has 1 aliphatic heterocycles. The van der Waals surface area contributed by atoms with Gasteiger partial charge < -0.3 is 19.1 Å². The average Bonchev–Trinajstić information content (AvgIpc) is 3.85. The molecule has 0 amide bonds. The Morgan fingerprint density at radius 3 is 2.38 bits per heavy atom. The molecule has 0 spiro atoms. The predicted octanol–water partition coefficient (Wildman–Crippen LogP) is 10.3. The standard InChI is InChI=1S/C41H37N4O.Pt/c1-40(2,3)29-19-22-42-39(23-29)45-35-12-5-4-11-33(35)34-16-15-32(25-38(34)45)46-31-10-8-9-30(24-31)43-27-44(37-14-7-6-13-36(37)43)41-20-17-28(26-41)18-21-41;/h4-16,19,22-23,27-28H,17-18,20-21,26H2,1-3H3;/q-3;. The Labute approximate surface area is 291 Å². The van der Waals surface area contributed by atoms with Gasteiger partial charge >= 0.3 is 0 Å². The summed E-state index contributed by atoms with van der Waals surface area (Å²) in [5, 5.41) is 2.28. The molecule has 2 aliphatic carbocycles. The molecule has 2 bridgehead atoms. The smallest absolute Gasteiger partial charge is 0.135 e. The van der Waals surface area contributed by atoms with Crippen LogP contribution < -0.4 is 14.5 Å². The Hall–Kier alpha value is -4.08. The fourth-order valence-corrected chi connectivity index (χ4v) is 8.11. The normalized spacial score (nSPS) is 20.2. The summed E-state index contributed by atoms with van der Waals surface area (Å²) in [7, 11) is 0. The van der Waals surface area contributed by atoms with Crippen molar-refractivity contribution in [2.24, 2.45) is 5.92 Å². The van der Waals surface area contributed by atoms with Crippen molar-refractivity contribution in [3.8, 4) is 17.3 Å². The average molecular weight is 797 g/mol. The minimum absolute atomic E-state index is 0. The Morgan fingerprint density at radius 2 is 1.60 bits per heavy atom. The quantitative estimate of drug-likeness (QED) is 0.163. The molecule has 0 unspecified atom stereocenters. The molecule has 2 aromatic heterocycles. The van der Waals surface area contributed by atoms with Gasteiger partial charge in [0.15, 0.2) is 0 Å². The molecule has 2 saturated carbocycles. The zero-order valence-electron chi connectivity index (χ0n) is 26.9.